The first-order chi connectivity index (χ1) is 14.0. The Bertz CT molecular complexity index is 774. The molecule has 0 aliphatic carbocycles. The highest BCUT2D eigenvalue weighted by Crippen LogP contribution is 2.18. The number of morpholine rings is 1. The molecule has 1 aliphatic rings. The van der Waals surface area contributed by atoms with Gasteiger partial charge in [0.2, 0.25) is 0 Å². The van der Waals surface area contributed by atoms with Crippen LogP contribution in [-0.2, 0) is 11.3 Å². The Kier molecular flexibility index (Phi) is 9.84. The van der Waals surface area contributed by atoms with Crippen molar-refractivity contribution >= 4 is 35.8 Å². The fraction of sp³-hybridized carbons (Fsp3) is 0.478. The van der Waals surface area contributed by atoms with Gasteiger partial charge in [0.05, 0.1) is 12.2 Å². The number of hydrogen-bond acceptors (Lipinski definition) is 4. The molecule has 1 aliphatic heterocycles. The predicted octanol–water partition coefficient (Wildman–Crippen LogP) is 3.78. The summed E-state index contributed by atoms with van der Waals surface area (Å²) >= 11 is 0. The van der Waals surface area contributed by atoms with Gasteiger partial charge in [-0.15, -0.1) is 24.0 Å². The minimum absolute atomic E-state index is 0. The molecule has 30 heavy (non-hydrogen) atoms. The van der Waals surface area contributed by atoms with Gasteiger partial charge in [0.15, 0.2) is 5.96 Å². The third-order valence-corrected chi connectivity index (χ3v) is 5.18. The van der Waals surface area contributed by atoms with E-state index >= 15 is 0 Å². The van der Waals surface area contributed by atoms with Crippen molar-refractivity contribution < 1.29 is 4.74 Å². The molecule has 1 fully saturated rings. The van der Waals surface area contributed by atoms with Gasteiger partial charge < -0.3 is 20.3 Å². The Balaban J connectivity index is 0.00000320. The number of halogens is 1. The number of nitrogens with one attached hydrogen (secondary N) is 2. The molecule has 2 heterocycles. The largest absolute Gasteiger partial charge is 0.372 e. The zero-order valence-corrected chi connectivity index (χ0v) is 20.7. The smallest absolute Gasteiger partial charge is 0.191 e. The Labute approximate surface area is 197 Å². The molecule has 1 saturated heterocycles. The summed E-state index contributed by atoms with van der Waals surface area (Å²) in [6.45, 7) is 9.70. The second-order valence-corrected chi connectivity index (χ2v) is 7.81. The Hall–Kier alpha value is -1.87. The number of nitrogens with zero attached hydrogens (tertiary/aromatic N) is 3. The third kappa shape index (κ3) is 7.12. The highest BCUT2D eigenvalue weighted by molar-refractivity contribution is 14.0. The van der Waals surface area contributed by atoms with Crippen molar-refractivity contribution in [2.45, 2.75) is 45.4 Å². The summed E-state index contributed by atoms with van der Waals surface area (Å²) in [6, 6.07) is 14.7. The summed E-state index contributed by atoms with van der Waals surface area (Å²) in [4.78, 5) is 11.3. The Morgan fingerprint density at radius 1 is 1.13 bits per heavy atom. The van der Waals surface area contributed by atoms with Crippen LogP contribution in [-0.4, -0.2) is 49.8 Å². The summed E-state index contributed by atoms with van der Waals surface area (Å²) in [7, 11) is 1.80. The second kappa shape index (κ2) is 12.1. The van der Waals surface area contributed by atoms with Gasteiger partial charge in [-0.2, -0.15) is 0 Å². The van der Waals surface area contributed by atoms with E-state index < -0.39 is 0 Å². The van der Waals surface area contributed by atoms with E-state index in [2.05, 4.69) is 82.7 Å². The number of ether oxygens (including phenoxy) is 1. The van der Waals surface area contributed by atoms with Gasteiger partial charge in [-0.3, -0.25) is 4.99 Å². The number of benzene rings is 1. The van der Waals surface area contributed by atoms with Crippen LogP contribution in [0.1, 0.15) is 37.8 Å². The number of hydrogen-bond donors (Lipinski definition) is 2. The van der Waals surface area contributed by atoms with Crippen LogP contribution in [0.15, 0.2) is 53.7 Å². The van der Waals surface area contributed by atoms with Crippen LogP contribution < -0.4 is 15.5 Å². The molecule has 3 atom stereocenters. The third-order valence-electron chi connectivity index (χ3n) is 5.18. The summed E-state index contributed by atoms with van der Waals surface area (Å²) in [5, 5.41) is 6.78. The normalized spacial score (nSPS) is 20.3. The fourth-order valence-corrected chi connectivity index (χ4v) is 3.63. The van der Waals surface area contributed by atoms with Crippen molar-refractivity contribution in [2.75, 3.05) is 31.6 Å². The zero-order chi connectivity index (χ0) is 20.6. The van der Waals surface area contributed by atoms with Crippen molar-refractivity contribution in [1.29, 1.82) is 0 Å². The lowest BCUT2D eigenvalue weighted by atomic mass is 10.0. The minimum atomic E-state index is 0. The Morgan fingerprint density at radius 2 is 1.83 bits per heavy atom. The molecule has 164 valence electrons. The average Bonchev–Trinajstić information content (AvgIpc) is 2.74. The van der Waals surface area contributed by atoms with E-state index in [-0.39, 0.29) is 36.2 Å². The summed E-state index contributed by atoms with van der Waals surface area (Å²) in [6.07, 6.45) is 2.40. The summed E-state index contributed by atoms with van der Waals surface area (Å²) in [5.74, 6) is 2.22. The van der Waals surface area contributed by atoms with Crippen LogP contribution in [0.2, 0.25) is 0 Å². The molecule has 0 spiro atoms. The van der Waals surface area contributed by atoms with Crippen LogP contribution in [0.5, 0.6) is 0 Å². The van der Waals surface area contributed by atoms with E-state index in [1.54, 1.807) is 7.05 Å². The zero-order valence-electron chi connectivity index (χ0n) is 18.3. The number of guanidine groups is 1. The number of pyridine rings is 1. The van der Waals surface area contributed by atoms with Crippen molar-refractivity contribution in [2.24, 2.45) is 4.99 Å². The number of rotatable bonds is 6. The number of aliphatic imine (C=N–C) groups is 1. The van der Waals surface area contributed by atoms with Gasteiger partial charge >= 0.3 is 0 Å². The molecule has 0 amide bonds. The van der Waals surface area contributed by atoms with Crippen LogP contribution in [0.3, 0.4) is 0 Å². The van der Waals surface area contributed by atoms with E-state index in [0.717, 1.165) is 37.0 Å². The lowest BCUT2D eigenvalue weighted by Crippen LogP contribution is -2.45. The van der Waals surface area contributed by atoms with Crippen LogP contribution in [0.25, 0.3) is 0 Å². The van der Waals surface area contributed by atoms with Gasteiger partial charge in [0.1, 0.15) is 5.82 Å². The number of anilines is 1. The molecule has 0 bridgehead atoms. The average molecular weight is 523 g/mol. The van der Waals surface area contributed by atoms with E-state index in [1.165, 1.54) is 5.56 Å². The van der Waals surface area contributed by atoms with Crippen molar-refractivity contribution in [3.05, 3.63) is 59.8 Å². The van der Waals surface area contributed by atoms with Gasteiger partial charge in [-0.05, 0) is 37.0 Å². The molecule has 7 heteroatoms. The number of aromatic nitrogens is 1. The van der Waals surface area contributed by atoms with Gasteiger partial charge in [0.25, 0.3) is 0 Å². The van der Waals surface area contributed by atoms with Gasteiger partial charge in [-0.1, -0.05) is 43.3 Å². The second-order valence-electron chi connectivity index (χ2n) is 7.81. The molecule has 2 N–H and O–H groups in total. The first kappa shape index (κ1) is 24.4. The van der Waals surface area contributed by atoms with E-state index in [4.69, 9.17) is 4.74 Å². The standard InChI is InChI=1S/C23H33N5O.HI/c1-17(21-8-6-5-7-9-21)12-26-23(24-4)27-14-20-10-11-22(25-13-20)28-15-18(2)29-19(3)16-28;/h5-11,13,17-19H,12,14-16H2,1-4H3,(H2,24,26,27);1H. The highest BCUT2D eigenvalue weighted by Gasteiger charge is 2.22. The Morgan fingerprint density at radius 3 is 2.43 bits per heavy atom. The molecule has 1 aromatic heterocycles. The molecule has 3 rings (SSSR count). The fourth-order valence-electron chi connectivity index (χ4n) is 3.63. The quantitative estimate of drug-likeness (QED) is 0.343. The topological polar surface area (TPSA) is 61.8 Å². The van der Waals surface area contributed by atoms with E-state index in [0.29, 0.717) is 12.5 Å². The van der Waals surface area contributed by atoms with Crippen LogP contribution in [0.4, 0.5) is 5.82 Å². The molecule has 0 saturated carbocycles. The molecule has 2 aromatic rings. The van der Waals surface area contributed by atoms with Gasteiger partial charge in [-0.25, -0.2) is 4.98 Å². The van der Waals surface area contributed by atoms with Gasteiger partial charge in [0, 0.05) is 39.4 Å². The van der Waals surface area contributed by atoms with Crippen LogP contribution in [0, 0.1) is 0 Å². The SMILES string of the molecule is CN=C(NCc1ccc(N2CC(C)OC(C)C2)nc1)NCC(C)c1ccccc1.I. The monoisotopic (exact) mass is 523 g/mol. The maximum atomic E-state index is 5.81. The maximum Gasteiger partial charge on any atom is 0.191 e. The van der Waals surface area contributed by atoms with Crippen LogP contribution >= 0.6 is 24.0 Å². The van der Waals surface area contributed by atoms with E-state index in [1.807, 2.05) is 12.3 Å². The highest BCUT2D eigenvalue weighted by atomic mass is 127. The van der Waals surface area contributed by atoms with Crippen molar-refractivity contribution in [3.8, 4) is 0 Å². The lowest BCUT2D eigenvalue weighted by molar-refractivity contribution is -0.00545. The summed E-state index contributed by atoms with van der Waals surface area (Å²) in [5.41, 5.74) is 2.45. The molecule has 0 radical (unpaired) electrons. The molecular formula is C23H34IN5O. The molecule has 1 aromatic carbocycles. The predicted molar refractivity (Wildman–Crippen MR) is 135 cm³/mol. The molecular weight excluding hydrogens is 489 g/mol. The van der Waals surface area contributed by atoms with E-state index in [9.17, 15) is 0 Å². The summed E-state index contributed by atoms with van der Waals surface area (Å²) < 4.78 is 5.81. The first-order valence-electron chi connectivity index (χ1n) is 10.4. The minimum Gasteiger partial charge on any atom is -0.372 e. The van der Waals surface area contributed by atoms with Crippen molar-refractivity contribution in [3.63, 3.8) is 0 Å². The van der Waals surface area contributed by atoms with Crippen molar-refractivity contribution in [1.82, 2.24) is 15.6 Å². The first-order valence-corrected chi connectivity index (χ1v) is 10.4. The lowest BCUT2D eigenvalue weighted by Gasteiger charge is -2.36. The maximum absolute atomic E-state index is 5.81. The molecule has 3 unspecified atom stereocenters. The molecule has 6 nitrogen and oxygen atoms in total.